The lowest BCUT2D eigenvalue weighted by Crippen LogP contribution is -2.25. The second-order valence-electron chi connectivity index (χ2n) is 18.2. The summed E-state index contributed by atoms with van der Waals surface area (Å²) >= 11 is 0. The van der Waals surface area contributed by atoms with Crippen molar-refractivity contribution in [3.63, 3.8) is 0 Å². The molecule has 5 unspecified atom stereocenters. The number of hydrogen-bond acceptors (Lipinski definition) is 13. The van der Waals surface area contributed by atoms with Crippen LogP contribution in [0.2, 0.25) is 0 Å². The molecular formula is C55H98O15P2. The maximum absolute atomic E-state index is 12.2. The Morgan fingerprint density at radius 3 is 0.958 bits per heavy atom. The zero-order chi connectivity index (χ0) is 53.1. The number of carbonyl (C=O) groups excluding carboxylic acids is 2. The molecule has 0 radical (unpaired) electrons. The van der Waals surface area contributed by atoms with E-state index < -0.39 is 85.5 Å². The highest BCUT2D eigenvalue weighted by Gasteiger charge is 2.28. The lowest BCUT2D eigenvalue weighted by atomic mass is 10.0. The van der Waals surface area contributed by atoms with Gasteiger partial charge >= 0.3 is 27.6 Å². The van der Waals surface area contributed by atoms with Crippen LogP contribution in [0.15, 0.2) is 72.9 Å². The quantitative estimate of drug-likeness (QED) is 0.0165. The summed E-state index contributed by atoms with van der Waals surface area (Å²) < 4.78 is 53.1. The van der Waals surface area contributed by atoms with Crippen molar-refractivity contribution in [2.24, 2.45) is 0 Å². The Balaban J connectivity index is 3.89. The molecule has 0 heterocycles. The van der Waals surface area contributed by atoms with Gasteiger partial charge in [-0.25, -0.2) is 9.13 Å². The highest BCUT2D eigenvalue weighted by Crippen LogP contribution is 2.45. The number of unbranched alkanes of at least 4 members (excludes halogenated alkanes) is 20. The van der Waals surface area contributed by atoms with Gasteiger partial charge in [-0.3, -0.25) is 27.7 Å². The molecule has 72 heavy (non-hydrogen) atoms. The standard InChI is InChI=1S/C55H98O15P2/c1-3-5-7-9-11-13-15-17-19-21-23-24-26-28-30-32-34-36-38-40-42-44-55(60)66-46-52(57)48-68-72(63,64)70-50-53(58)49-69-71(61,62)67-47-51(56)45-65-54(59)43-41-39-37-35-33-31-29-27-25-22-20-18-16-14-12-10-8-6-4-2/h6,8,12,14,18,20,25,27,31,33,37,39,51-53,56-58H,3-5,7,9-11,13,15-17,19,21-24,26,28-30,32,34-36,38,40-50H2,1-2H3,(H,61,62)(H,63,64)/b8-6-,14-12-,20-18-,27-25-,33-31-,39-37-. The summed E-state index contributed by atoms with van der Waals surface area (Å²) in [6, 6.07) is 0. The van der Waals surface area contributed by atoms with Crippen molar-refractivity contribution >= 4 is 27.6 Å². The van der Waals surface area contributed by atoms with Crippen LogP contribution in [0.3, 0.4) is 0 Å². The predicted octanol–water partition coefficient (Wildman–Crippen LogP) is 13.5. The first kappa shape index (κ1) is 69.5. The molecule has 0 spiro atoms. The van der Waals surface area contributed by atoms with Gasteiger partial charge in [0, 0.05) is 12.8 Å². The maximum Gasteiger partial charge on any atom is 0.472 e. The molecule has 0 saturated heterocycles. The molecule has 0 fully saturated rings. The molecule has 0 aliphatic heterocycles. The van der Waals surface area contributed by atoms with Gasteiger partial charge in [-0.15, -0.1) is 0 Å². The average molecular weight is 1060 g/mol. The monoisotopic (exact) mass is 1060 g/mol. The smallest absolute Gasteiger partial charge is 0.463 e. The largest absolute Gasteiger partial charge is 0.472 e. The summed E-state index contributed by atoms with van der Waals surface area (Å²) in [5.74, 6) is -1.07. The van der Waals surface area contributed by atoms with Gasteiger partial charge < -0.3 is 34.6 Å². The number of ether oxygens (including phenoxy) is 2. The minimum atomic E-state index is -4.81. The Labute approximate surface area is 434 Å². The molecule has 0 aromatic rings. The Kier molecular flexibility index (Phi) is 48.9. The third kappa shape index (κ3) is 52.3. The molecule has 0 bridgehead atoms. The third-order valence-corrected chi connectivity index (χ3v) is 13.1. The molecule has 0 aliphatic rings. The van der Waals surface area contributed by atoms with Crippen LogP contribution in [0, 0.1) is 0 Å². The van der Waals surface area contributed by atoms with E-state index in [0.29, 0.717) is 19.3 Å². The lowest BCUT2D eigenvalue weighted by Gasteiger charge is -2.19. The molecular weight excluding hydrogens is 963 g/mol. The van der Waals surface area contributed by atoms with Crippen LogP contribution in [0.1, 0.15) is 206 Å². The summed E-state index contributed by atoms with van der Waals surface area (Å²) in [4.78, 5) is 43.9. The molecule has 0 aromatic heterocycles. The first-order chi connectivity index (χ1) is 34.8. The van der Waals surface area contributed by atoms with Crippen molar-refractivity contribution in [2.75, 3.05) is 39.6 Å². The summed E-state index contributed by atoms with van der Waals surface area (Å²) in [5, 5.41) is 30.1. The molecule has 0 saturated carbocycles. The number of allylic oxidation sites excluding steroid dienone is 12. The molecule has 5 N–H and O–H groups in total. The van der Waals surface area contributed by atoms with Crippen LogP contribution in [-0.4, -0.2) is 95.0 Å². The van der Waals surface area contributed by atoms with Crippen molar-refractivity contribution in [1.82, 2.24) is 0 Å². The lowest BCUT2D eigenvalue weighted by molar-refractivity contribution is -0.148. The fourth-order valence-corrected chi connectivity index (χ4v) is 8.60. The van der Waals surface area contributed by atoms with E-state index >= 15 is 0 Å². The van der Waals surface area contributed by atoms with Crippen LogP contribution in [-0.2, 0) is 46.3 Å². The van der Waals surface area contributed by atoms with E-state index in [9.17, 15) is 43.8 Å². The van der Waals surface area contributed by atoms with Crippen LogP contribution < -0.4 is 0 Å². The fraction of sp³-hybridized carbons (Fsp3) is 0.745. The van der Waals surface area contributed by atoms with Gasteiger partial charge in [0.05, 0.1) is 26.4 Å². The maximum atomic E-state index is 12.2. The van der Waals surface area contributed by atoms with E-state index in [-0.39, 0.29) is 12.8 Å². The second-order valence-corrected chi connectivity index (χ2v) is 21.1. The number of aliphatic hydroxyl groups excluding tert-OH is 3. The summed E-state index contributed by atoms with van der Waals surface area (Å²) in [5.41, 5.74) is 0. The third-order valence-electron chi connectivity index (χ3n) is 11.2. The van der Waals surface area contributed by atoms with Gasteiger partial charge in [0.1, 0.15) is 31.5 Å². The highest BCUT2D eigenvalue weighted by atomic mass is 31.2. The van der Waals surface area contributed by atoms with Crippen LogP contribution in [0.4, 0.5) is 0 Å². The Bertz CT molecular complexity index is 1560. The zero-order valence-corrected chi connectivity index (χ0v) is 46.1. The van der Waals surface area contributed by atoms with E-state index in [4.69, 9.17) is 14.0 Å². The van der Waals surface area contributed by atoms with Gasteiger partial charge in [0.2, 0.25) is 0 Å². The van der Waals surface area contributed by atoms with E-state index in [0.717, 1.165) is 51.4 Å². The Hall–Kier alpha value is -2.52. The summed E-state index contributed by atoms with van der Waals surface area (Å²) in [7, 11) is -9.60. The number of aliphatic hydroxyl groups is 3. The number of carbonyl (C=O) groups is 2. The number of phosphoric ester groups is 2. The molecule has 0 aliphatic carbocycles. The topological polar surface area (TPSA) is 225 Å². The number of hydrogen-bond donors (Lipinski definition) is 5. The first-order valence-electron chi connectivity index (χ1n) is 27.3. The van der Waals surface area contributed by atoms with E-state index in [1.807, 2.05) is 18.2 Å². The minimum absolute atomic E-state index is 0.0683. The zero-order valence-electron chi connectivity index (χ0n) is 44.3. The van der Waals surface area contributed by atoms with Crippen molar-refractivity contribution in [3.05, 3.63) is 72.9 Å². The van der Waals surface area contributed by atoms with Crippen LogP contribution >= 0.6 is 15.6 Å². The van der Waals surface area contributed by atoms with Gasteiger partial charge in [0.25, 0.3) is 0 Å². The van der Waals surface area contributed by atoms with Crippen LogP contribution in [0.5, 0.6) is 0 Å². The van der Waals surface area contributed by atoms with Crippen molar-refractivity contribution in [1.29, 1.82) is 0 Å². The van der Waals surface area contributed by atoms with Crippen molar-refractivity contribution in [3.8, 4) is 0 Å². The van der Waals surface area contributed by atoms with Crippen molar-refractivity contribution < 1.29 is 71.4 Å². The molecule has 0 amide bonds. The van der Waals surface area contributed by atoms with Gasteiger partial charge in [0.15, 0.2) is 0 Å². The molecule has 418 valence electrons. The normalized spacial score (nSPS) is 15.4. The number of rotatable bonds is 52. The van der Waals surface area contributed by atoms with Gasteiger partial charge in [-0.1, -0.05) is 215 Å². The average Bonchev–Trinajstić information content (AvgIpc) is 3.36. The van der Waals surface area contributed by atoms with E-state index in [1.54, 1.807) is 0 Å². The summed E-state index contributed by atoms with van der Waals surface area (Å²) in [6.07, 6.45) is 53.3. The predicted molar refractivity (Wildman–Crippen MR) is 288 cm³/mol. The van der Waals surface area contributed by atoms with Crippen molar-refractivity contribution in [2.45, 2.75) is 225 Å². The molecule has 5 atom stereocenters. The van der Waals surface area contributed by atoms with Gasteiger partial charge in [-0.05, 0) is 51.4 Å². The van der Waals surface area contributed by atoms with Gasteiger partial charge in [-0.2, -0.15) is 0 Å². The molecule has 15 nitrogen and oxygen atoms in total. The Morgan fingerprint density at radius 2 is 0.639 bits per heavy atom. The molecule has 0 rings (SSSR count). The SMILES string of the molecule is CC/C=C\C/C=C\C/C=C\C/C=C\C/C=C\C/C=C\CCC(=O)OCC(O)COP(=O)(O)OCC(O)COP(=O)(O)OCC(O)COC(=O)CCCCCCCCCCCCCCCCCCCCCCC. The summed E-state index contributed by atoms with van der Waals surface area (Å²) in [6.45, 7) is 0.246. The molecule has 17 heteroatoms. The van der Waals surface area contributed by atoms with E-state index in [1.165, 1.54) is 109 Å². The van der Waals surface area contributed by atoms with Crippen LogP contribution in [0.25, 0.3) is 0 Å². The number of esters is 2. The Morgan fingerprint density at radius 1 is 0.375 bits per heavy atom. The highest BCUT2D eigenvalue weighted by molar-refractivity contribution is 7.47. The van der Waals surface area contributed by atoms with E-state index in [2.05, 4.69) is 82.1 Å². The fourth-order valence-electron chi connectivity index (χ4n) is 7.00. The number of phosphoric acid groups is 2. The second kappa shape index (κ2) is 50.6. The molecule has 0 aromatic carbocycles. The minimum Gasteiger partial charge on any atom is -0.463 e. The first-order valence-corrected chi connectivity index (χ1v) is 30.3.